The summed E-state index contributed by atoms with van der Waals surface area (Å²) in [6.07, 6.45) is 0. The Bertz CT molecular complexity index is 1060. The van der Waals surface area contributed by atoms with Crippen LogP contribution in [-0.2, 0) is 16.1 Å². The van der Waals surface area contributed by atoms with E-state index in [9.17, 15) is 4.79 Å². The molecule has 2 aromatic carbocycles. The number of ether oxygens (including phenoxy) is 2. The van der Waals surface area contributed by atoms with Gasteiger partial charge in [0.2, 0.25) is 5.91 Å². The van der Waals surface area contributed by atoms with Gasteiger partial charge in [0.25, 0.3) is 0 Å². The van der Waals surface area contributed by atoms with Gasteiger partial charge in [0.1, 0.15) is 11.6 Å². The number of aromatic nitrogens is 3. The lowest BCUT2D eigenvalue weighted by Gasteiger charge is -2.29. The Balaban J connectivity index is 1.34. The van der Waals surface area contributed by atoms with E-state index < -0.39 is 0 Å². The molecule has 1 aliphatic rings. The van der Waals surface area contributed by atoms with Gasteiger partial charge in [0.15, 0.2) is 5.16 Å². The predicted octanol–water partition coefficient (Wildman–Crippen LogP) is 3.17. The van der Waals surface area contributed by atoms with Crippen molar-refractivity contribution in [2.24, 2.45) is 0 Å². The van der Waals surface area contributed by atoms with Crippen molar-refractivity contribution in [3.8, 4) is 11.4 Å². The van der Waals surface area contributed by atoms with Crippen LogP contribution in [0.2, 0.25) is 0 Å². The molecule has 0 saturated carbocycles. The first-order chi connectivity index (χ1) is 16.0. The number of carbonyl (C=O) groups excluding carboxylic acids is 1. The Morgan fingerprint density at radius 2 is 1.73 bits per heavy atom. The zero-order valence-electron chi connectivity index (χ0n) is 19.2. The van der Waals surface area contributed by atoms with Gasteiger partial charge in [-0.05, 0) is 48.9 Å². The van der Waals surface area contributed by atoms with Crippen LogP contribution < -0.4 is 9.64 Å². The van der Waals surface area contributed by atoms with Gasteiger partial charge in [-0.3, -0.25) is 9.36 Å². The molecule has 1 saturated heterocycles. The highest BCUT2D eigenvalue weighted by molar-refractivity contribution is 7.99. The maximum atomic E-state index is 12.8. The number of anilines is 1. The third-order valence-corrected chi connectivity index (χ3v) is 6.52. The van der Waals surface area contributed by atoms with E-state index in [-0.39, 0.29) is 11.7 Å². The second-order valence-electron chi connectivity index (χ2n) is 7.87. The van der Waals surface area contributed by atoms with Crippen molar-refractivity contribution in [1.82, 2.24) is 19.7 Å². The minimum atomic E-state index is 0.0409. The minimum absolute atomic E-state index is 0.0409. The van der Waals surface area contributed by atoms with E-state index in [0.29, 0.717) is 11.7 Å². The molecule has 3 aromatic rings. The van der Waals surface area contributed by atoms with Crippen LogP contribution >= 0.6 is 11.8 Å². The first kappa shape index (κ1) is 23.1. The van der Waals surface area contributed by atoms with Crippen LogP contribution in [0, 0.1) is 6.92 Å². The van der Waals surface area contributed by atoms with Gasteiger partial charge in [0.05, 0.1) is 26.1 Å². The molecular formula is C24H29N5O3S. The van der Waals surface area contributed by atoms with Gasteiger partial charge in [0, 0.05) is 38.1 Å². The topological polar surface area (TPSA) is 72.7 Å². The molecule has 9 heteroatoms. The molecule has 1 aromatic heterocycles. The van der Waals surface area contributed by atoms with Gasteiger partial charge in [-0.15, -0.1) is 10.2 Å². The number of morpholine rings is 1. The summed E-state index contributed by atoms with van der Waals surface area (Å²) in [5.74, 6) is 1.88. The lowest BCUT2D eigenvalue weighted by molar-refractivity contribution is -0.127. The maximum Gasteiger partial charge on any atom is 0.233 e. The number of nitrogens with zero attached hydrogens (tertiary/aromatic N) is 5. The monoisotopic (exact) mass is 467 g/mol. The predicted molar refractivity (Wildman–Crippen MR) is 129 cm³/mol. The van der Waals surface area contributed by atoms with Gasteiger partial charge in [-0.1, -0.05) is 23.9 Å². The second kappa shape index (κ2) is 10.7. The van der Waals surface area contributed by atoms with Crippen LogP contribution in [0.4, 0.5) is 5.69 Å². The van der Waals surface area contributed by atoms with Crippen molar-refractivity contribution < 1.29 is 14.3 Å². The lowest BCUT2D eigenvalue weighted by atomic mass is 10.2. The Morgan fingerprint density at radius 1 is 1.06 bits per heavy atom. The van der Waals surface area contributed by atoms with E-state index in [0.717, 1.165) is 49.1 Å². The minimum Gasteiger partial charge on any atom is -0.497 e. The number of benzene rings is 2. The Hall–Kier alpha value is -3.04. The van der Waals surface area contributed by atoms with E-state index in [1.807, 2.05) is 42.8 Å². The van der Waals surface area contributed by atoms with Crippen molar-refractivity contribution in [3.05, 3.63) is 59.9 Å². The van der Waals surface area contributed by atoms with Crippen LogP contribution in [-0.4, -0.2) is 71.8 Å². The number of carbonyl (C=O) groups is 1. The van der Waals surface area contributed by atoms with Gasteiger partial charge in [-0.2, -0.15) is 0 Å². The Labute approximate surface area is 198 Å². The first-order valence-electron chi connectivity index (χ1n) is 10.9. The van der Waals surface area contributed by atoms with E-state index >= 15 is 0 Å². The normalized spacial score (nSPS) is 13.7. The number of amides is 1. The first-order valence-corrected chi connectivity index (χ1v) is 11.9. The fourth-order valence-corrected chi connectivity index (χ4v) is 4.64. The van der Waals surface area contributed by atoms with E-state index in [2.05, 4.69) is 39.4 Å². The number of rotatable bonds is 8. The molecule has 1 fully saturated rings. The summed E-state index contributed by atoms with van der Waals surface area (Å²) >= 11 is 1.39. The molecule has 1 aliphatic heterocycles. The maximum absolute atomic E-state index is 12.8. The second-order valence-corrected chi connectivity index (χ2v) is 8.81. The van der Waals surface area contributed by atoms with Crippen LogP contribution in [0.15, 0.2) is 53.7 Å². The zero-order valence-corrected chi connectivity index (χ0v) is 20.0. The molecular weight excluding hydrogens is 438 g/mol. The molecule has 0 N–H and O–H groups in total. The summed E-state index contributed by atoms with van der Waals surface area (Å²) in [6.45, 7) is 5.82. The summed E-state index contributed by atoms with van der Waals surface area (Å²) in [5, 5.41) is 9.15. The third kappa shape index (κ3) is 5.66. The summed E-state index contributed by atoms with van der Waals surface area (Å²) in [4.78, 5) is 16.8. The van der Waals surface area contributed by atoms with Crippen LogP contribution in [0.1, 0.15) is 11.4 Å². The number of thioether (sulfide) groups is 1. The smallest absolute Gasteiger partial charge is 0.233 e. The highest BCUT2D eigenvalue weighted by atomic mass is 32.2. The summed E-state index contributed by atoms with van der Waals surface area (Å²) in [6, 6.07) is 16.1. The third-order valence-electron chi connectivity index (χ3n) is 5.61. The summed E-state index contributed by atoms with van der Waals surface area (Å²) < 4.78 is 12.6. The van der Waals surface area contributed by atoms with Crippen LogP contribution in [0.25, 0.3) is 5.69 Å². The molecule has 0 aliphatic carbocycles. The lowest BCUT2D eigenvalue weighted by Crippen LogP contribution is -2.36. The zero-order chi connectivity index (χ0) is 23.2. The molecule has 0 unspecified atom stereocenters. The molecule has 33 heavy (non-hydrogen) atoms. The van der Waals surface area contributed by atoms with Gasteiger partial charge < -0.3 is 19.3 Å². The molecule has 8 nitrogen and oxygen atoms in total. The van der Waals surface area contributed by atoms with E-state index in [4.69, 9.17) is 9.47 Å². The Morgan fingerprint density at radius 3 is 2.39 bits per heavy atom. The van der Waals surface area contributed by atoms with Crippen molar-refractivity contribution >= 4 is 23.4 Å². The quantitative estimate of drug-likeness (QED) is 0.471. The Kier molecular flexibility index (Phi) is 7.51. The number of methoxy groups -OCH3 is 1. The molecule has 0 bridgehead atoms. The number of aryl methyl sites for hydroxylation is 1. The molecule has 1 amide bonds. The highest BCUT2D eigenvalue weighted by Crippen LogP contribution is 2.24. The fourth-order valence-electron chi connectivity index (χ4n) is 3.70. The largest absolute Gasteiger partial charge is 0.497 e. The van der Waals surface area contributed by atoms with E-state index in [1.165, 1.54) is 17.4 Å². The molecule has 174 valence electrons. The summed E-state index contributed by atoms with van der Waals surface area (Å²) in [7, 11) is 3.47. The fraction of sp³-hybridized carbons (Fsp3) is 0.375. The molecule has 4 rings (SSSR count). The molecule has 0 spiro atoms. The van der Waals surface area contributed by atoms with Crippen molar-refractivity contribution in [1.29, 1.82) is 0 Å². The molecule has 0 radical (unpaired) electrons. The SMILES string of the molecule is COc1ccc(-n2c(C)nnc2SCC(=O)N(C)Cc2ccc(N3CCOCC3)cc2)cc1. The summed E-state index contributed by atoms with van der Waals surface area (Å²) in [5.41, 5.74) is 3.23. The molecule has 0 atom stereocenters. The van der Waals surface area contributed by atoms with Crippen molar-refractivity contribution in [3.63, 3.8) is 0 Å². The number of hydrogen-bond acceptors (Lipinski definition) is 7. The van der Waals surface area contributed by atoms with Gasteiger partial charge in [-0.25, -0.2) is 0 Å². The average molecular weight is 468 g/mol. The standard InChI is InChI=1S/C24H29N5O3S/c1-18-25-26-24(29(18)21-8-10-22(31-3)11-9-21)33-17-23(30)27(2)16-19-4-6-20(7-5-19)28-12-14-32-15-13-28/h4-11H,12-17H2,1-3H3. The van der Waals surface area contributed by atoms with Crippen LogP contribution in [0.3, 0.4) is 0 Å². The molecule has 2 heterocycles. The number of hydrogen-bond donors (Lipinski definition) is 0. The van der Waals surface area contributed by atoms with Crippen molar-refractivity contribution in [2.75, 3.05) is 51.1 Å². The average Bonchev–Trinajstić information content (AvgIpc) is 3.23. The van der Waals surface area contributed by atoms with Crippen molar-refractivity contribution in [2.45, 2.75) is 18.6 Å². The highest BCUT2D eigenvalue weighted by Gasteiger charge is 2.16. The van der Waals surface area contributed by atoms with E-state index in [1.54, 1.807) is 12.0 Å². The van der Waals surface area contributed by atoms with Gasteiger partial charge >= 0.3 is 0 Å². The van der Waals surface area contributed by atoms with Crippen LogP contribution in [0.5, 0.6) is 5.75 Å².